The fourth-order valence-electron chi connectivity index (χ4n) is 2.63. The lowest BCUT2D eigenvalue weighted by atomic mass is 9.93. The maximum Gasteiger partial charge on any atom is 0.282 e. The molecule has 1 heterocycles. The van der Waals surface area contributed by atoms with Crippen molar-refractivity contribution >= 4 is 11.6 Å². The molecule has 1 aromatic rings. The number of hydrogen-bond donors (Lipinski definition) is 1. The number of amides is 1. The highest BCUT2D eigenvalue weighted by molar-refractivity contribution is 5.98. The minimum Gasteiger partial charge on any atom is -0.335 e. The van der Waals surface area contributed by atoms with E-state index < -0.39 is 4.92 Å². The summed E-state index contributed by atoms with van der Waals surface area (Å²) in [5, 5.41) is 11.0. The SMILES string of the molecule is CC1CCC(CN)CN1C(=O)c1ccccc1[N+](=O)[O-]. The van der Waals surface area contributed by atoms with Gasteiger partial charge in [-0.05, 0) is 38.3 Å². The Hall–Kier alpha value is -1.95. The van der Waals surface area contributed by atoms with Crippen LogP contribution in [-0.4, -0.2) is 34.9 Å². The fourth-order valence-corrected chi connectivity index (χ4v) is 2.63. The third-order valence-electron chi connectivity index (χ3n) is 3.90. The van der Waals surface area contributed by atoms with Gasteiger partial charge in [0.1, 0.15) is 5.56 Å². The van der Waals surface area contributed by atoms with Crippen LogP contribution < -0.4 is 5.73 Å². The third kappa shape index (κ3) is 2.80. The van der Waals surface area contributed by atoms with Crippen LogP contribution in [0.4, 0.5) is 5.69 Å². The number of nitro benzene ring substituents is 1. The molecule has 2 unspecified atom stereocenters. The van der Waals surface area contributed by atoms with Crippen LogP contribution in [0, 0.1) is 16.0 Å². The zero-order valence-electron chi connectivity index (χ0n) is 11.5. The fraction of sp³-hybridized carbons (Fsp3) is 0.500. The summed E-state index contributed by atoms with van der Waals surface area (Å²) in [5.74, 6) is 0.000804. The van der Waals surface area contributed by atoms with Gasteiger partial charge in [0.2, 0.25) is 0 Å². The van der Waals surface area contributed by atoms with E-state index >= 15 is 0 Å². The Bertz CT molecular complexity index is 518. The number of nitrogens with zero attached hydrogens (tertiary/aromatic N) is 2. The van der Waals surface area contributed by atoms with Gasteiger partial charge in [-0.15, -0.1) is 0 Å². The van der Waals surface area contributed by atoms with Crippen LogP contribution in [0.5, 0.6) is 0 Å². The van der Waals surface area contributed by atoms with Gasteiger partial charge in [-0.25, -0.2) is 0 Å². The molecule has 0 saturated carbocycles. The first-order valence-electron chi connectivity index (χ1n) is 6.79. The zero-order valence-corrected chi connectivity index (χ0v) is 11.5. The summed E-state index contributed by atoms with van der Waals surface area (Å²) in [5.41, 5.74) is 5.70. The first-order chi connectivity index (χ1) is 9.54. The van der Waals surface area contributed by atoms with Crippen molar-refractivity contribution in [2.75, 3.05) is 13.1 Å². The van der Waals surface area contributed by atoms with E-state index in [2.05, 4.69) is 0 Å². The van der Waals surface area contributed by atoms with Crippen molar-refractivity contribution < 1.29 is 9.72 Å². The van der Waals surface area contributed by atoms with Gasteiger partial charge < -0.3 is 10.6 Å². The van der Waals surface area contributed by atoms with Crippen LogP contribution in [0.3, 0.4) is 0 Å². The summed E-state index contributed by atoms with van der Waals surface area (Å²) >= 11 is 0. The molecule has 2 N–H and O–H groups in total. The highest BCUT2D eigenvalue weighted by Gasteiger charge is 2.31. The maximum atomic E-state index is 12.6. The molecule has 1 aromatic carbocycles. The number of benzene rings is 1. The molecule has 2 rings (SSSR count). The van der Waals surface area contributed by atoms with Crippen LogP contribution in [0.1, 0.15) is 30.1 Å². The molecule has 1 saturated heterocycles. The first-order valence-corrected chi connectivity index (χ1v) is 6.79. The van der Waals surface area contributed by atoms with E-state index in [1.165, 1.54) is 12.1 Å². The molecule has 0 radical (unpaired) electrons. The summed E-state index contributed by atoms with van der Waals surface area (Å²) in [7, 11) is 0. The summed E-state index contributed by atoms with van der Waals surface area (Å²) < 4.78 is 0. The Labute approximate surface area is 117 Å². The number of rotatable bonds is 3. The first kappa shape index (κ1) is 14.5. The lowest BCUT2D eigenvalue weighted by Gasteiger charge is -2.37. The molecule has 108 valence electrons. The van der Waals surface area contributed by atoms with Crippen molar-refractivity contribution in [3.05, 3.63) is 39.9 Å². The van der Waals surface area contributed by atoms with Gasteiger partial charge in [-0.1, -0.05) is 12.1 Å². The van der Waals surface area contributed by atoms with Gasteiger partial charge in [0.15, 0.2) is 0 Å². The Morgan fingerprint density at radius 3 is 2.80 bits per heavy atom. The van der Waals surface area contributed by atoms with Crippen LogP contribution in [0.2, 0.25) is 0 Å². The predicted molar refractivity (Wildman–Crippen MR) is 75.4 cm³/mol. The number of carbonyl (C=O) groups is 1. The van der Waals surface area contributed by atoms with E-state index in [1.807, 2.05) is 6.92 Å². The molecule has 2 atom stereocenters. The molecule has 0 spiro atoms. The number of para-hydroxylation sites is 1. The minimum absolute atomic E-state index is 0.0881. The molecule has 6 nitrogen and oxygen atoms in total. The average Bonchev–Trinajstić information content (AvgIpc) is 2.47. The molecular formula is C14H19N3O3. The molecule has 0 aromatic heterocycles. The Morgan fingerprint density at radius 1 is 1.45 bits per heavy atom. The summed E-state index contributed by atoms with van der Waals surface area (Å²) in [6, 6.07) is 6.18. The monoisotopic (exact) mass is 277 g/mol. The molecule has 1 aliphatic heterocycles. The van der Waals surface area contributed by atoms with Gasteiger partial charge in [0.25, 0.3) is 11.6 Å². The second-order valence-electron chi connectivity index (χ2n) is 5.26. The predicted octanol–water partition coefficient (Wildman–Crippen LogP) is 1.79. The summed E-state index contributed by atoms with van der Waals surface area (Å²) in [4.78, 5) is 24.8. The third-order valence-corrected chi connectivity index (χ3v) is 3.90. The second-order valence-corrected chi connectivity index (χ2v) is 5.26. The van der Waals surface area contributed by atoms with Crippen LogP contribution in [-0.2, 0) is 0 Å². The van der Waals surface area contributed by atoms with Gasteiger partial charge in [0.05, 0.1) is 4.92 Å². The normalized spacial score (nSPS) is 22.6. The van der Waals surface area contributed by atoms with E-state index in [0.717, 1.165) is 12.8 Å². The highest BCUT2D eigenvalue weighted by atomic mass is 16.6. The molecular weight excluding hydrogens is 258 g/mol. The zero-order chi connectivity index (χ0) is 14.7. The Balaban J connectivity index is 2.28. The van der Waals surface area contributed by atoms with Gasteiger partial charge >= 0.3 is 0 Å². The number of piperidine rings is 1. The molecule has 1 aliphatic rings. The summed E-state index contributed by atoms with van der Waals surface area (Å²) in [6.07, 6.45) is 1.88. The van der Waals surface area contributed by atoms with E-state index in [-0.39, 0.29) is 29.1 Å². The quantitative estimate of drug-likeness (QED) is 0.673. The van der Waals surface area contributed by atoms with Gasteiger partial charge in [-0.3, -0.25) is 14.9 Å². The Kier molecular flexibility index (Phi) is 4.34. The smallest absolute Gasteiger partial charge is 0.282 e. The van der Waals surface area contributed by atoms with Crippen LogP contribution in [0.15, 0.2) is 24.3 Å². The largest absolute Gasteiger partial charge is 0.335 e. The van der Waals surface area contributed by atoms with Crippen molar-refractivity contribution in [1.82, 2.24) is 4.90 Å². The standard InChI is InChI=1S/C14H19N3O3/c1-10-6-7-11(8-15)9-16(10)14(18)12-4-2-3-5-13(12)17(19)20/h2-5,10-11H,6-9,15H2,1H3. The lowest BCUT2D eigenvalue weighted by Crippen LogP contribution is -2.47. The van der Waals surface area contributed by atoms with Crippen molar-refractivity contribution in [2.45, 2.75) is 25.8 Å². The van der Waals surface area contributed by atoms with E-state index in [9.17, 15) is 14.9 Å². The van der Waals surface area contributed by atoms with E-state index in [0.29, 0.717) is 13.1 Å². The number of hydrogen-bond acceptors (Lipinski definition) is 4. The molecule has 1 fully saturated rings. The lowest BCUT2D eigenvalue weighted by molar-refractivity contribution is -0.385. The van der Waals surface area contributed by atoms with Crippen molar-refractivity contribution in [2.24, 2.45) is 11.7 Å². The van der Waals surface area contributed by atoms with Gasteiger partial charge in [-0.2, -0.15) is 0 Å². The van der Waals surface area contributed by atoms with E-state index in [1.54, 1.807) is 17.0 Å². The molecule has 0 bridgehead atoms. The van der Waals surface area contributed by atoms with Crippen LogP contribution in [0.25, 0.3) is 0 Å². The molecule has 0 aliphatic carbocycles. The van der Waals surface area contributed by atoms with Crippen molar-refractivity contribution in [3.8, 4) is 0 Å². The van der Waals surface area contributed by atoms with Crippen LogP contribution >= 0.6 is 0 Å². The Morgan fingerprint density at radius 2 is 2.15 bits per heavy atom. The summed E-state index contributed by atoms with van der Waals surface area (Å²) in [6.45, 7) is 3.08. The number of likely N-dealkylation sites (tertiary alicyclic amines) is 1. The van der Waals surface area contributed by atoms with Crippen molar-refractivity contribution in [1.29, 1.82) is 0 Å². The minimum atomic E-state index is -0.512. The maximum absolute atomic E-state index is 12.6. The van der Waals surface area contributed by atoms with Gasteiger partial charge in [0, 0.05) is 18.7 Å². The topological polar surface area (TPSA) is 89.5 Å². The number of carbonyl (C=O) groups excluding carboxylic acids is 1. The molecule has 6 heteroatoms. The highest BCUT2D eigenvalue weighted by Crippen LogP contribution is 2.26. The molecule has 1 amide bonds. The van der Waals surface area contributed by atoms with Crippen molar-refractivity contribution in [3.63, 3.8) is 0 Å². The van der Waals surface area contributed by atoms with E-state index in [4.69, 9.17) is 5.73 Å². The average molecular weight is 277 g/mol. The second kappa shape index (κ2) is 6.00. The number of nitro groups is 1. The number of nitrogens with two attached hydrogens (primary N) is 1. The molecule has 20 heavy (non-hydrogen) atoms.